The van der Waals surface area contributed by atoms with Crippen molar-refractivity contribution in [2.24, 2.45) is 5.10 Å². The van der Waals surface area contributed by atoms with E-state index in [2.05, 4.69) is 41.9 Å². The third kappa shape index (κ3) is 5.97. The highest BCUT2D eigenvalue weighted by atomic mass is 79.9. The van der Waals surface area contributed by atoms with Crippen LogP contribution >= 0.6 is 31.9 Å². The zero-order valence-electron chi connectivity index (χ0n) is 19.9. The molecular formula is C26H20Br2N4O6. The molecule has 4 rings (SSSR count). The highest BCUT2D eigenvalue weighted by Crippen LogP contribution is 2.36. The summed E-state index contributed by atoms with van der Waals surface area (Å²) in [5, 5.41) is 25.7. The molecule has 0 bridgehead atoms. The van der Waals surface area contributed by atoms with E-state index in [1.54, 1.807) is 36.4 Å². The highest BCUT2D eigenvalue weighted by molar-refractivity contribution is 9.10. The van der Waals surface area contributed by atoms with E-state index in [9.17, 15) is 19.7 Å². The number of aromatic nitrogens is 2. The summed E-state index contributed by atoms with van der Waals surface area (Å²) in [5.74, 6) is -0.632. The first-order chi connectivity index (χ1) is 18.2. The van der Waals surface area contributed by atoms with Gasteiger partial charge in [-0.25, -0.2) is 9.78 Å². The van der Waals surface area contributed by atoms with Crippen molar-refractivity contribution in [1.29, 1.82) is 0 Å². The van der Waals surface area contributed by atoms with Crippen LogP contribution in [0.3, 0.4) is 0 Å². The summed E-state index contributed by atoms with van der Waals surface area (Å²) in [6.45, 7) is 1.88. The molecule has 3 aromatic carbocycles. The summed E-state index contributed by atoms with van der Waals surface area (Å²) >= 11 is 6.70. The van der Waals surface area contributed by atoms with E-state index in [1.165, 1.54) is 29.1 Å². The second kappa shape index (κ2) is 11.7. The van der Waals surface area contributed by atoms with Gasteiger partial charge in [-0.15, -0.1) is 0 Å². The lowest BCUT2D eigenvalue weighted by Crippen LogP contribution is -2.22. The van der Waals surface area contributed by atoms with Crippen molar-refractivity contribution in [1.82, 2.24) is 9.66 Å². The Bertz CT molecular complexity index is 1650. The average Bonchev–Trinajstić information content (AvgIpc) is 2.88. The van der Waals surface area contributed by atoms with Gasteiger partial charge in [-0.1, -0.05) is 35.0 Å². The molecule has 0 atom stereocenters. The third-order valence-corrected chi connectivity index (χ3v) is 6.55. The van der Waals surface area contributed by atoms with Gasteiger partial charge in [0, 0.05) is 22.5 Å². The number of nitro benzene ring substituents is 1. The fraction of sp³-hybridized carbons (Fsp3) is 0.154. The number of nitro groups is 1. The van der Waals surface area contributed by atoms with Gasteiger partial charge in [-0.05, 0) is 64.3 Å². The zero-order valence-corrected chi connectivity index (χ0v) is 23.1. The molecule has 0 amide bonds. The van der Waals surface area contributed by atoms with E-state index >= 15 is 0 Å². The lowest BCUT2D eigenvalue weighted by atomic mass is 10.1. The highest BCUT2D eigenvalue weighted by Gasteiger charge is 2.21. The fourth-order valence-corrected chi connectivity index (χ4v) is 4.67. The molecule has 12 heteroatoms. The first-order valence-corrected chi connectivity index (χ1v) is 12.9. The number of hydrogen-bond donors (Lipinski definition) is 1. The van der Waals surface area contributed by atoms with Crippen LogP contribution in [-0.4, -0.2) is 31.9 Å². The predicted molar refractivity (Wildman–Crippen MR) is 149 cm³/mol. The number of rotatable bonds is 9. The Morgan fingerprint density at radius 2 is 2.00 bits per heavy atom. The number of benzene rings is 3. The number of hydrogen-bond acceptors (Lipinski definition) is 7. The minimum atomic E-state index is -1.09. The van der Waals surface area contributed by atoms with Gasteiger partial charge in [0.05, 0.1) is 32.1 Å². The van der Waals surface area contributed by atoms with E-state index in [-0.39, 0.29) is 29.2 Å². The van der Waals surface area contributed by atoms with Crippen molar-refractivity contribution < 1.29 is 19.6 Å². The summed E-state index contributed by atoms with van der Waals surface area (Å²) in [6, 6.07) is 14.2. The maximum absolute atomic E-state index is 13.2. The molecule has 0 radical (unpaired) electrons. The molecule has 0 unspecified atom stereocenters. The molecule has 0 saturated carbocycles. The monoisotopic (exact) mass is 642 g/mol. The topological polar surface area (TPSA) is 137 Å². The number of nitrogens with zero attached hydrogens (tertiary/aromatic N) is 4. The predicted octanol–water partition coefficient (Wildman–Crippen LogP) is 5.94. The number of carboxylic acids is 1. The Hall–Kier alpha value is -3.90. The van der Waals surface area contributed by atoms with Gasteiger partial charge < -0.3 is 9.84 Å². The van der Waals surface area contributed by atoms with Crippen LogP contribution in [0.5, 0.6) is 5.75 Å². The third-order valence-electron chi connectivity index (χ3n) is 5.47. The average molecular weight is 644 g/mol. The molecule has 0 fully saturated rings. The van der Waals surface area contributed by atoms with Crippen LogP contribution in [0.15, 0.2) is 73.4 Å². The normalized spacial score (nSPS) is 11.2. The minimum Gasteiger partial charge on any atom is -0.481 e. The number of halogens is 2. The van der Waals surface area contributed by atoms with Crippen LogP contribution in [0.4, 0.5) is 5.69 Å². The van der Waals surface area contributed by atoms with E-state index in [0.717, 1.165) is 10.9 Å². The number of aromatic carboxylic acids is 1. The Labute approximate surface area is 233 Å². The summed E-state index contributed by atoms with van der Waals surface area (Å²) in [6.07, 6.45) is 2.60. The summed E-state index contributed by atoms with van der Waals surface area (Å²) in [5.41, 5.74) is 0.855. The summed E-state index contributed by atoms with van der Waals surface area (Å²) < 4.78 is 7.93. The van der Waals surface area contributed by atoms with Gasteiger partial charge in [-0.3, -0.25) is 14.9 Å². The molecule has 38 heavy (non-hydrogen) atoms. The molecule has 0 aliphatic heterocycles. The Kier molecular flexibility index (Phi) is 8.32. The van der Waals surface area contributed by atoms with Gasteiger partial charge in [0.2, 0.25) is 5.75 Å². The molecule has 1 N–H and O–H groups in total. The second-order valence-electron chi connectivity index (χ2n) is 8.20. The quantitative estimate of drug-likeness (QED) is 0.135. The van der Waals surface area contributed by atoms with Gasteiger partial charge in [-0.2, -0.15) is 9.78 Å². The smallest absolute Gasteiger partial charge is 0.335 e. The lowest BCUT2D eigenvalue weighted by molar-refractivity contribution is -0.386. The van der Waals surface area contributed by atoms with Crippen LogP contribution in [0, 0.1) is 10.1 Å². The van der Waals surface area contributed by atoms with Crippen LogP contribution in [0.25, 0.3) is 10.9 Å². The van der Waals surface area contributed by atoms with Gasteiger partial charge in [0.15, 0.2) is 0 Å². The van der Waals surface area contributed by atoms with E-state index in [4.69, 9.17) is 9.84 Å². The number of fused-ring (bicyclic) bond motifs is 1. The van der Waals surface area contributed by atoms with Gasteiger partial charge >= 0.3 is 11.7 Å². The molecule has 0 saturated heterocycles. The molecule has 4 aromatic rings. The molecule has 10 nitrogen and oxygen atoms in total. The molecule has 1 aromatic heterocycles. The zero-order chi connectivity index (χ0) is 27.4. The molecule has 1 heterocycles. The fourth-order valence-electron chi connectivity index (χ4n) is 3.73. The first kappa shape index (κ1) is 27.1. The minimum absolute atomic E-state index is 0.0195. The Morgan fingerprint density at radius 1 is 1.21 bits per heavy atom. The van der Waals surface area contributed by atoms with Crippen molar-refractivity contribution in [2.75, 3.05) is 0 Å². The van der Waals surface area contributed by atoms with Crippen molar-refractivity contribution >= 4 is 60.6 Å². The van der Waals surface area contributed by atoms with Crippen LogP contribution in [-0.2, 0) is 13.0 Å². The molecule has 194 valence electrons. The van der Waals surface area contributed by atoms with Crippen molar-refractivity contribution in [3.63, 3.8) is 0 Å². The molecular weight excluding hydrogens is 624 g/mol. The van der Waals surface area contributed by atoms with Crippen LogP contribution < -0.4 is 10.3 Å². The first-order valence-electron chi connectivity index (χ1n) is 11.4. The van der Waals surface area contributed by atoms with E-state index < -0.39 is 10.9 Å². The van der Waals surface area contributed by atoms with Crippen molar-refractivity contribution in [3.05, 3.63) is 107 Å². The standard InChI is InChI=1S/C26H20Br2N4O6/c1-2-4-23-30-21-8-7-18(27)12-19(21)25(33)31(23)29-13-16-10-20(28)24(22(11-16)32(36)37)38-14-15-5-3-6-17(9-15)26(34)35/h3,5-13H,2,4,14H2,1H3,(H,34,35). The van der Waals surface area contributed by atoms with Crippen LogP contribution in [0.1, 0.15) is 40.7 Å². The number of aryl methyl sites for hydroxylation is 1. The lowest BCUT2D eigenvalue weighted by Gasteiger charge is -2.11. The number of carboxylic acid groups (broad SMARTS) is 1. The Balaban J connectivity index is 1.69. The molecule has 0 aliphatic rings. The van der Waals surface area contributed by atoms with E-state index in [0.29, 0.717) is 38.7 Å². The van der Waals surface area contributed by atoms with Gasteiger partial charge in [0.25, 0.3) is 5.56 Å². The van der Waals surface area contributed by atoms with Gasteiger partial charge in [0.1, 0.15) is 12.4 Å². The summed E-state index contributed by atoms with van der Waals surface area (Å²) in [7, 11) is 0. The van der Waals surface area contributed by atoms with Crippen molar-refractivity contribution in [2.45, 2.75) is 26.4 Å². The Morgan fingerprint density at radius 3 is 2.71 bits per heavy atom. The van der Waals surface area contributed by atoms with Crippen molar-refractivity contribution in [3.8, 4) is 5.75 Å². The maximum atomic E-state index is 13.2. The second-order valence-corrected chi connectivity index (χ2v) is 9.97. The molecule has 0 aliphatic carbocycles. The molecule has 0 spiro atoms. The number of carbonyl (C=O) groups is 1. The SMILES string of the molecule is CCCc1nc2ccc(Br)cc2c(=O)n1N=Cc1cc(Br)c(OCc2cccc(C(=O)O)c2)c([N+](=O)[O-])c1. The number of ether oxygens (including phenoxy) is 1. The largest absolute Gasteiger partial charge is 0.481 e. The maximum Gasteiger partial charge on any atom is 0.335 e. The van der Waals surface area contributed by atoms with Crippen LogP contribution in [0.2, 0.25) is 0 Å². The summed E-state index contributed by atoms with van der Waals surface area (Å²) in [4.78, 5) is 40.2. The van der Waals surface area contributed by atoms with E-state index in [1.807, 2.05) is 6.92 Å².